The van der Waals surface area contributed by atoms with Gasteiger partial charge in [0.15, 0.2) is 0 Å². The third kappa shape index (κ3) is 1.57. The summed E-state index contributed by atoms with van der Waals surface area (Å²) in [4.78, 5) is 7.72. The normalized spacial score (nSPS) is 31.0. The Bertz CT molecular complexity index is 740. The fourth-order valence-electron chi connectivity index (χ4n) is 4.19. The lowest BCUT2D eigenvalue weighted by atomic mass is 10.0. The molecule has 20 heavy (non-hydrogen) atoms. The van der Waals surface area contributed by atoms with Crippen LogP contribution in [-0.4, -0.2) is 29.0 Å². The van der Waals surface area contributed by atoms with E-state index in [2.05, 4.69) is 29.2 Å². The maximum absolute atomic E-state index is 5.03. The van der Waals surface area contributed by atoms with E-state index >= 15 is 0 Å². The van der Waals surface area contributed by atoms with E-state index in [4.69, 9.17) is 4.98 Å². The quantitative estimate of drug-likeness (QED) is 0.782. The SMILES string of the molecule is C1=CCC2=c3nc([C@@H]4C[C@H]5CCCN5C4)sc3=CC2=C1. The Morgan fingerprint density at radius 1 is 1.35 bits per heavy atom. The molecule has 0 N–H and O–H groups in total. The van der Waals surface area contributed by atoms with Crippen LogP contribution in [0.4, 0.5) is 0 Å². The second-order valence-electron chi connectivity index (χ2n) is 6.37. The summed E-state index contributed by atoms with van der Waals surface area (Å²) in [7, 11) is 0. The molecule has 5 rings (SSSR count). The first kappa shape index (κ1) is 11.5. The van der Waals surface area contributed by atoms with Crippen molar-refractivity contribution in [3.05, 3.63) is 38.7 Å². The number of hydrogen-bond acceptors (Lipinski definition) is 3. The van der Waals surface area contributed by atoms with Gasteiger partial charge in [0, 0.05) is 18.5 Å². The molecular formula is C17H18N2S. The molecule has 2 nitrogen and oxygen atoms in total. The van der Waals surface area contributed by atoms with E-state index < -0.39 is 0 Å². The number of rotatable bonds is 1. The molecule has 4 aliphatic rings. The van der Waals surface area contributed by atoms with Crippen LogP contribution < -0.4 is 9.88 Å². The first-order valence-corrected chi connectivity index (χ1v) is 8.53. The van der Waals surface area contributed by atoms with E-state index in [1.807, 2.05) is 11.3 Å². The van der Waals surface area contributed by atoms with Crippen molar-refractivity contribution in [1.29, 1.82) is 0 Å². The molecular weight excluding hydrogens is 264 g/mol. The Balaban J connectivity index is 1.53. The third-order valence-electron chi connectivity index (χ3n) is 5.18. The number of nitrogens with zero attached hydrogens (tertiary/aromatic N) is 2. The molecule has 2 saturated heterocycles. The largest absolute Gasteiger partial charge is 0.300 e. The topological polar surface area (TPSA) is 16.1 Å². The van der Waals surface area contributed by atoms with E-state index in [-0.39, 0.29) is 0 Å². The van der Waals surface area contributed by atoms with Crippen LogP contribution in [0.3, 0.4) is 0 Å². The minimum absolute atomic E-state index is 0.691. The Hall–Kier alpha value is -1.19. The van der Waals surface area contributed by atoms with Gasteiger partial charge < -0.3 is 0 Å². The molecule has 0 unspecified atom stereocenters. The van der Waals surface area contributed by atoms with Crippen LogP contribution >= 0.6 is 11.3 Å². The fraction of sp³-hybridized carbons (Fsp3) is 0.471. The van der Waals surface area contributed by atoms with Gasteiger partial charge in [-0.15, -0.1) is 11.3 Å². The van der Waals surface area contributed by atoms with Crippen LogP contribution in [0.15, 0.2) is 23.8 Å². The highest BCUT2D eigenvalue weighted by Crippen LogP contribution is 2.37. The highest BCUT2D eigenvalue weighted by molar-refractivity contribution is 7.09. The maximum Gasteiger partial charge on any atom is 0.0983 e. The van der Waals surface area contributed by atoms with Crippen LogP contribution in [0.2, 0.25) is 0 Å². The van der Waals surface area contributed by atoms with Gasteiger partial charge in [-0.05, 0) is 49.5 Å². The summed E-state index contributed by atoms with van der Waals surface area (Å²) >= 11 is 1.94. The summed E-state index contributed by atoms with van der Waals surface area (Å²) in [6, 6.07) is 0.850. The summed E-state index contributed by atoms with van der Waals surface area (Å²) in [5.74, 6) is 0.691. The molecule has 1 aromatic rings. The maximum atomic E-state index is 5.03. The van der Waals surface area contributed by atoms with Crippen LogP contribution in [0.1, 0.15) is 36.6 Å². The molecule has 0 aromatic carbocycles. The van der Waals surface area contributed by atoms with Gasteiger partial charge in [-0.25, -0.2) is 4.98 Å². The van der Waals surface area contributed by atoms with Gasteiger partial charge in [-0.3, -0.25) is 4.90 Å². The number of allylic oxidation sites excluding steroid dienone is 4. The smallest absolute Gasteiger partial charge is 0.0983 e. The molecule has 0 radical (unpaired) electrons. The summed E-state index contributed by atoms with van der Waals surface area (Å²) < 4.78 is 1.40. The Kier molecular flexibility index (Phi) is 2.38. The van der Waals surface area contributed by atoms with E-state index in [9.17, 15) is 0 Å². The zero-order chi connectivity index (χ0) is 13.1. The molecule has 1 aromatic heterocycles. The molecule has 2 aliphatic heterocycles. The predicted molar refractivity (Wildman–Crippen MR) is 83.0 cm³/mol. The van der Waals surface area contributed by atoms with E-state index in [0.29, 0.717) is 5.92 Å². The van der Waals surface area contributed by atoms with Crippen molar-refractivity contribution < 1.29 is 0 Å². The molecule has 3 heterocycles. The first-order valence-electron chi connectivity index (χ1n) is 7.71. The molecule has 2 atom stereocenters. The van der Waals surface area contributed by atoms with Gasteiger partial charge in [0.1, 0.15) is 0 Å². The van der Waals surface area contributed by atoms with Gasteiger partial charge >= 0.3 is 0 Å². The fourth-order valence-corrected chi connectivity index (χ4v) is 5.34. The summed E-state index contributed by atoms with van der Waals surface area (Å²) in [5.41, 5.74) is 2.84. The van der Waals surface area contributed by atoms with Crippen LogP contribution in [0, 0.1) is 0 Å². The van der Waals surface area contributed by atoms with Crippen molar-refractivity contribution in [2.24, 2.45) is 0 Å². The molecule has 102 valence electrons. The van der Waals surface area contributed by atoms with Gasteiger partial charge in [0.25, 0.3) is 0 Å². The van der Waals surface area contributed by atoms with E-state index in [1.165, 1.54) is 58.4 Å². The van der Waals surface area contributed by atoms with Crippen molar-refractivity contribution in [2.75, 3.05) is 13.1 Å². The Labute approximate surface area is 122 Å². The van der Waals surface area contributed by atoms with Gasteiger partial charge in [-0.2, -0.15) is 0 Å². The van der Waals surface area contributed by atoms with Gasteiger partial charge in [0.2, 0.25) is 0 Å². The van der Waals surface area contributed by atoms with Crippen molar-refractivity contribution in [1.82, 2.24) is 9.88 Å². The molecule has 0 saturated carbocycles. The van der Waals surface area contributed by atoms with E-state index in [1.54, 1.807) is 0 Å². The number of thiazole rings is 1. The zero-order valence-corrected chi connectivity index (χ0v) is 12.3. The predicted octanol–water partition coefficient (Wildman–Crippen LogP) is 1.93. The second kappa shape index (κ2) is 4.15. The zero-order valence-electron chi connectivity index (χ0n) is 11.5. The summed E-state index contributed by atoms with van der Waals surface area (Å²) in [5, 5.41) is 2.68. The van der Waals surface area contributed by atoms with Gasteiger partial charge in [-0.1, -0.05) is 18.2 Å². The molecule has 0 spiro atoms. The van der Waals surface area contributed by atoms with Crippen molar-refractivity contribution in [3.63, 3.8) is 0 Å². The van der Waals surface area contributed by atoms with Crippen molar-refractivity contribution >= 4 is 23.0 Å². The van der Waals surface area contributed by atoms with Crippen LogP contribution in [-0.2, 0) is 0 Å². The van der Waals surface area contributed by atoms with Crippen LogP contribution in [0.5, 0.6) is 0 Å². The molecule has 3 heteroatoms. The molecule has 2 fully saturated rings. The second-order valence-corrected chi connectivity index (χ2v) is 7.43. The lowest BCUT2D eigenvalue weighted by molar-refractivity contribution is 0.322. The minimum Gasteiger partial charge on any atom is -0.300 e. The highest BCUT2D eigenvalue weighted by Gasteiger charge is 2.37. The first-order chi connectivity index (χ1) is 9.88. The lowest BCUT2D eigenvalue weighted by Crippen LogP contribution is -2.22. The average molecular weight is 282 g/mol. The van der Waals surface area contributed by atoms with Crippen molar-refractivity contribution in [2.45, 2.75) is 37.6 Å². The molecule has 0 bridgehead atoms. The lowest BCUT2D eigenvalue weighted by Gasteiger charge is -2.12. The molecule has 2 aliphatic carbocycles. The van der Waals surface area contributed by atoms with E-state index in [0.717, 1.165) is 12.5 Å². The number of hydrogen-bond donors (Lipinski definition) is 0. The molecule has 0 amide bonds. The monoisotopic (exact) mass is 282 g/mol. The standard InChI is InChI=1S/C17H18N2S/c1-2-6-14-11(4-1)9-15-16(14)18-17(20-15)12-8-13-5-3-7-19(13)10-12/h1-2,4,9,12-13H,3,5-8,10H2/t12-,13-/m1/s1. The average Bonchev–Trinajstić information content (AvgIpc) is 3.16. The minimum atomic E-state index is 0.691. The number of aromatic nitrogens is 1. The Morgan fingerprint density at radius 2 is 2.35 bits per heavy atom. The summed E-state index contributed by atoms with van der Waals surface area (Å²) in [6.07, 6.45) is 14.2. The van der Waals surface area contributed by atoms with Gasteiger partial charge in [0.05, 0.1) is 14.9 Å². The Morgan fingerprint density at radius 3 is 3.30 bits per heavy atom. The third-order valence-corrected chi connectivity index (χ3v) is 6.35. The van der Waals surface area contributed by atoms with Crippen LogP contribution in [0.25, 0.3) is 11.6 Å². The number of fused-ring (bicyclic) bond motifs is 3. The van der Waals surface area contributed by atoms with Crippen molar-refractivity contribution in [3.8, 4) is 0 Å². The highest BCUT2D eigenvalue weighted by atomic mass is 32.1. The summed E-state index contributed by atoms with van der Waals surface area (Å²) in [6.45, 7) is 2.56.